The van der Waals surface area contributed by atoms with Crippen LogP contribution in [-0.4, -0.2) is 23.9 Å². The van der Waals surface area contributed by atoms with Crippen LogP contribution in [0.5, 0.6) is 0 Å². The molecule has 1 nitrogen and oxygen atoms in total. The Kier molecular flexibility index (Phi) is 2.97. The van der Waals surface area contributed by atoms with Gasteiger partial charge < -0.3 is 0 Å². The van der Waals surface area contributed by atoms with Crippen LogP contribution in [0, 0.1) is 6.92 Å². The van der Waals surface area contributed by atoms with Gasteiger partial charge in [0.2, 0.25) is 0 Å². The summed E-state index contributed by atoms with van der Waals surface area (Å²) in [6.07, 6.45) is 6.40. The molecule has 0 bridgehead atoms. The third-order valence-corrected chi connectivity index (χ3v) is 2.76. The highest BCUT2D eigenvalue weighted by molar-refractivity contribution is 5.75. The largest absolute Gasteiger partial charge is 0.236 e. The van der Waals surface area contributed by atoms with E-state index in [1.54, 1.807) is 0 Å². The number of hydrogen-bond acceptors (Lipinski definition) is 0. The highest BCUT2D eigenvalue weighted by Crippen LogP contribution is 2.06. The van der Waals surface area contributed by atoms with E-state index in [1.807, 2.05) is 0 Å². The minimum atomic E-state index is 1.23. The van der Waals surface area contributed by atoms with E-state index in [2.05, 4.69) is 42.0 Å². The molecule has 0 amide bonds. The third kappa shape index (κ3) is 2.44. The molecule has 0 aromatic heterocycles. The van der Waals surface area contributed by atoms with Gasteiger partial charge in [-0.05, 0) is 25.5 Å². The van der Waals surface area contributed by atoms with Crippen molar-refractivity contribution in [1.29, 1.82) is 0 Å². The Morgan fingerprint density at radius 2 is 1.93 bits per heavy atom. The van der Waals surface area contributed by atoms with Crippen LogP contribution < -0.4 is 0 Å². The van der Waals surface area contributed by atoms with Crippen molar-refractivity contribution >= 4 is 6.21 Å². The van der Waals surface area contributed by atoms with Crippen LogP contribution >= 0.6 is 0 Å². The molecule has 2 rings (SSSR count). The second-order valence-corrected chi connectivity index (χ2v) is 4.14. The SMILES string of the molecule is Cc1cccc(C=[N+]2CCCCC2)c1. The number of nitrogens with zero attached hydrogens (tertiary/aromatic N) is 1. The van der Waals surface area contributed by atoms with Gasteiger partial charge in [0.1, 0.15) is 13.1 Å². The molecule has 1 aliphatic rings. The average molecular weight is 188 g/mol. The van der Waals surface area contributed by atoms with Gasteiger partial charge in [-0.3, -0.25) is 0 Å². The van der Waals surface area contributed by atoms with Gasteiger partial charge in [0.05, 0.1) is 0 Å². The van der Waals surface area contributed by atoms with Crippen molar-refractivity contribution in [3.63, 3.8) is 0 Å². The molecule has 1 aromatic rings. The molecule has 0 unspecified atom stereocenters. The summed E-state index contributed by atoms with van der Waals surface area (Å²) in [6, 6.07) is 8.70. The van der Waals surface area contributed by atoms with Crippen LogP contribution in [0.15, 0.2) is 24.3 Å². The summed E-state index contributed by atoms with van der Waals surface area (Å²) in [7, 11) is 0. The monoisotopic (exact) mass is 188 g/mol. The summed E-state index contributed by atoms with van der Waals surface area (Å²) in [5.74, 6) is 0. The Bertz CT molecular complexity index is 331. The first kappa shape index (κ1) is 9.45. The molecule has 0 spiro atoms. The Hall–Kier alpha value is -1.11. The van der Waals surface area contributed by atoms with E-state index in [0.29, 0.717) is 0 Å². The molecule has 74 valence electrons. The Morgan fingerprint density at radius 3 is 2.64 bits per heavy atom. The van der Waals surface area contributed by atoms with E-state index < -0.39 is 0 Å². The smallest absolute Gasteiger partial charge is 0.170 e. The molecule has 1 heteroatoms. The molecule has 0 radical (unpaired) electrons. The predicted molar refractivity (Wildman–Crippen MR) is 60.2 cm³/mol. The summed E-state index contributed by atoms with van der Waals surface area (Å²) < 4.78 is 2.44. The molecule has 1 fully saturated rings. The van der Waals surface area contributed by atoms with Crippen LogP contribution in [0.4, 0.5) is 0 Å². The second-order valence-electron chi connectivity index (χ2n) is 4.14. The van der Waals surface area contributed by atoms with Gasteiger partial charge in [-0.15, -0.1) is 0 Å². The van der Waals surface area contributed by atoms with Crippen molar-refractivity contribution in [1.82, 2.24) is 0 Å². The van der Waals surface area contributed by atoms with E-state index in [9.17, 15) is 0 Å². The molecular formula is C13H18N+. The van der Waals surface area contributed by atoms with Crippen molar-refractivity contribution in [2.45, 2.75) is 26.2 Å². The molecule has 0 aliphatic carbocycles. The summed E-state index contributed by atoms with van der Waals surface area (Å²) in [4.78, 5) is 0. The zero-order valence-corrected chi connectivity index (χ0v) is 8.87. The number of rotatable bonds is 1. The minimum Gasteiger partial charge on any atom is -0.236 e. The van der Waals surface area contributed by atoms with Crippen molar-refractivity contribution in [3.05, 3.63) is 35.4 Å². The molecule has 0 N–H and O–H groups in total. The predicted octanol–water partition coefficient (Wildman–Crippen LogP) is 2.61. The topological polar surface area (TPSA) is 3.01 Å². The molecular weight excluding hydrogens is 170 g/mol. The fourth-order valence-electron chi connectivity index (χ4n) is 2.01. The Morgan fingerprint density at radius 1 is 1.14 bits per heavy atom. The van der Waals surface area contributed by atoms with Gasteiger partial charge >= 0.3 is 0 Å². The first-order valence-electron chi connectivity index (χ1n) is 5.50. The number of hydrogen-bond donors (Lipinski definition) is 0. The highest BCUT2D eigenvalue weighted by atomic mass is 15.0. The zero-order chi connectivity index (χ0) is 9.80. The van der Waals surface area contributed by atoms with Crippen LogP contribution in [0.1, 0.15) is 30.4 Å². The van der Waals surface area contributed by atoms with Gasteiger partial charge in [-0.25, -0.2) is 4.58 Å². The third-order valence-electron chi connectivity index (χ3n) is 2.76. The highest BCUT2D eigenvalue weighted by Gasteiger charge is 2.10. The molecule has 14 heavy (non-hydrogen) atoms. The average Bonchev–Trinajstić information content (AvgIpc) is 2.19. The fourth-order valence-corrected chi connectivity index (χ4v) is 2.01. The van der Waals surface area contributed by atoms with E-state index in [-0.39, 0.29) is 0 Å². The van der Waals surface area contributed by atoms with Crippen molar-refractivity contribution in [2.75, 3.05) is 13.1 Å². The minimum absolute atomic E-state index is 1.23. The molecule has 0 saturated carbocycles. The molecule has 1 aliphatic heterocycles. The van der Waals surface area contributed by atoms with Crippen molar-refractivity contribution < 1.29 is 4.58 Å². The van der Waals surface area contributed by atoms with Crippen molar-refractivity contribution in [2.24, 2.45) is 0 Å². The summed E-state index contributed by atoms with van der Waals surface area (Å²) >= 11 is 0. The lowest BCUT2D eigenvalue weighted by molar-refractivity contribution is -0.532. The summed E-state index contributed by atoms with van der Waals surface area (Å²) in [5, 5.41) is 0. The van der Waals surface area contributed by atoms with Gasteiger partial charge in [-0.2, -0.15) is 0 Å². The lowest BCUT2D eigenvalue weighted by Gasteiger charge is -2.09. The molecule has 1 heterocycles. The number of piperidine rings is 1. The quantitative estimate of drug-likeness (QED) is 0.596. The number of benzene rings is 1. The molecule has 1 saturated heterocycles. The van der Waals surface area contributed by atoms with E-state index >= 15 is 0 Å². The fraction of sp³-hybridized carbons (Fsp3) is 0.462. The maximum atomic E-state index is 2.44. The van der Waals surface area contributed by atoms with Gasteiger partial charge in [0.15, 0.2) is 6.21 Å². The Labute approximate surface area is 86.1 Å². The zero-order valence-electron chi connectivity index (χ0n) is 8.87. The van der Waals surface area contributed by atoms with Crippen LogP contribution in [0.3, 0.4) is 0 Å². The second kappa shape index (κ2) is 4.41. The maximum absolute atomic E-state index is 2.44. The van der Waals surface area contributed by atoms with Gasteiger partial charge in [0.25, 0.3) is 0 Å². The lowest BCUT2D eigenvalue weighted by atomic mass is 10.1. The normalized spacial score (nSPS) is 16.8. The van der Waals surface area contributed by atoms with E-state index in [0.717, 1.165) is 0 Å². The maximum Gasteiger partial charge on any atom is 0.170 e. The summed E-state index contributed by atoms with van der Waals surface area (Å²) in [5.41, 5.74) is 2.68. The van der Waals surface area contributed by atoms with Crippen LogP contribution in [0.2, 0.25) is 0 Å². The Balaban J connectivity index is 2.15. The van der Waals surface area contributed by atoms with Crippen molar-refractivity contribution in [3.8, 4) is 0 Å². The molecule has 0 atom stereocenters. The number of aryl methyl sites for hydroxylation is 1. The first-order chi connectivity index (χ1) is 6.84. The van der Waals surface area contributed by atoms with E-state index in [1.165, 1.54) is 43.5 Å². The molecule has 1 aromatic carbocycles. The van der Waals surface area contributed by atoms with E-state index in [4.69, 9.17) is 0 Å². The standard InChI is InChI=1S/C13H18N/c1-12-6-5-7-13(10-12)11-14-8-3-2-4-9-14/h5-7,10-11H,2-4,8-9H2,1H3/q+1. The lowest BCUT2D eigenvalue weighted by Crippen LogP contribution is -2.21. The summed E-state index contributed by atoms with van der Waals surface area (Å²) in [6.45, 7) is 4.61. The van der Waals surface area contributed by atoms with Gasteiger partial charge in [-0.1, -0.05) is 17.7 Å². The van der Waals surface area contributed by atoms with Crippen LogP contribution in [0.25, 0.3) is 0 Å². The first-order valence-corrected chi connectivity index (χ1v) is 5.50. The van der Waals surface area contributed by atoms with Gasteiger partial charge in [0, 0.05) is 18.4 Å². The van der Waals surface area contributed by atoms with Crippen LogP contribution in [-0.2, 0) is 0 Å².